The second-order valence-electron chi connectivity index (χ2n) is 4.37. The minimum atomic E-state index is -0.197. The van der Waals surface area contributed by atoms with Crippen LogP contribution in [0.3, 0.4) is 0 Å². The summed E-state index contributed by atoms with van der Waals surface area (Å²) in [5.74, 6) is -0.0724. The smallest absolute Gasteiger partial charge is 0.263 e. The molecule has 0 saturated carbocycles. The Morgan fingerprint density at radius 2 is 2.05 bits per heavy atom. The highest BCUT2D eigenvalue weighted by atomic mass is 35.5. The number of carbonyl (C=O) groups excluding carboxylic acids is 1. The number of anilines is 2. The monoisotopic (exact) mass is 318 g/mol. The van der Waals surface area contributed by atoms with Crippen molar-refractivity contribution in [2.75, 3.05) is 10.6 Å². The summed E-state index contributed by atoms with van der Waals surface area (Å²) in [5, 5.41) is 16.0. The molecule has 6 heteroatoms. The molecule has 0 bridgehead atoms. The van der Waals surface area contributed by atoms with E-state index in [2.05, 4.69) is 10.6 Å². The van der Waals surface area contributed by atoms with Crippen molar-refractivity contribution in [3.05, 3.63) is 58.6 Å². The van der Waals surface area contributed by atoms with Crippen LogP contribution >= 0.6 is 23.4 Å². The van der Waals surface area contributed by atoms with Crippen LogP contribution in [0.1, 0.15) is 0 Å². The summed E-state index contributed by atoms with van der Waals surface area (Å²) in [4.78, 5) is 13.4. The van der Waals surface area contributed by atoms with Crippen LogP contribution in [0.2, 0.25) is 5.02 Å². The van der Waals surface area contributed by atoms with Crippen LogP contribution in [-0.4, -0.2) is 11.0 Å². The van der Waals surface area contributed by atoms with Crippen molar-refractivity contribution in [2.45, 2.75) is 4.90 Å². The number of phenols is 1. The molecule has 1 heterocycles. The molecule has 0 atom stereocenters. The molecule has 1 amide bonds. The van der Waals surface area contributed by atoms with E-state index in [0.717, 1.165) is 10.6 Å². The molecule has 0 radical (unpaired) electrons. The first-order valence-corrected chi connectivity index (χ1v) is 7.36. The molecule has 21 heavy (non-hydrogen) atoms. The lowest BCUT2D eigenvalue weighted by atomic mass is 10.3. The van der Waals surface area contributed by atoms with E-state index in [-0.39, 0.29) is 11.7 Å². The summed E-state index contributed by atoms with van der Waals surface area (Å²) in [6, 6.07) is 12.1. The number of amides is 1. The Balaban J connectivity index is 1.85. The van der Waals surface area contributed by atoms with Gasteiger partial charge in [0.1, 0.15) is 5.75 Å². The number of fused-ring (bicyclic) bond motifs is 1. The van der Waals surface area contributed by atoms with E-state index < -0.39 is 0 Å². The Morgan fingerprint density at radius 1 is 1.24 bits per heavy atom. The summed E-state index contributed by atoms with van der Waals surface area (Å²) in [6.07, 6.45) is 1.57. The second kappa shape index (κ2) is 5.71. The van der Waals surface area contributed by atoms with Gasteiger partial charge in [-0.2, -0.15) is 0 Å². The molecule has 0 saturated heterocycles. The van der Waals surface area contributed by atoms with Gasteiger partial charge < -0.3 is 15.7 Å². The number of thioether (sulfide) groups is 1. The highest BCUT2D eigenvalue weighted by molar-refractivity contribution is 8.04. The van der Waals surface area contributed by atoms with E-state index in [9.17, 15) is 9.90 Å². The lowest BCUT2D eigenvalue weighted by Crippen LogP contribution is -2.18. The van der Waals surface area contributed by atoms with Crippen molar-refractivity contribution < 1.29 is 9.90 Å². The Morgan fingerprint density at radius 3 is 2.86 bits per heavy atom. The van der Waals surface area contributed by atoms with Gasteiger partial charge in [-0.3, -0.25) is 4.79 Å². The SMILES string of the molecule is O=C1Nc2ccc(Cl)cc2S/C1=C\Nc1ccccc1O. The molecule has 0 fully saturated rings. The highest BCUT2D eigenvalue weighted by Gasteiger charge is 2.21. The molecule has 4 nitrogen and oxygen atoms in total. The van der Waals surface area contributed by atoms with Crippen molar-refractivity contribution in [3.63, 3.8) is 0 Å². The molecular formula is C15H11ClN2O2S. The average Bonchev–Trinajstić information content (AvgIpc) is 2.47. The van der Waals surface area contributed by atoms with Crippen LogP contribution < -0.4 is 10.6 Å². The fraction of sp³-hybridized carbons (Fsp3) is 0. The van der Waals surface area contributed by atoms with E-state index in [1.165, 1.54) is 11.8 Å². The summed E-state index contributed by atoms with van der Waals surface area (Å²) in [5.41, 5.74) is 1.28. The number of benzene rings is 2. The van der Waals surface area contributed by atoms with Crippen LogP contribution in [0.25, 0.3) is 0 Å². The fourth-order valence-electron chi connectivity index (χ4n) is 1.87. The number of para-hydroxylation sites is 2. The standard InChI is InChI=1S/C15H11ClN2O2S/c16-9-5-6-11-13(7-9)21-14(15(20)18-11)8-17-10-3-1-2-4-12(10)19/h1-8,17,19H,(H,18,20)/b14-8-. The van der Waals surface area contributed by atoms with Crippen LogP contribution in [-0.2, 0) is 4.79 Å². The summed E-state index contributed by atoms with van der Waals surface area (Å²) >= 11 is 7.29. The van der Waals surface area contributed by atoms with E-state index in [1.807, 2.05) is 0 Å². The van der Waals surface area contributed by atoms with Gasteiger partial charge in [0.25, 0.3) is 5.91 Å². The van der Waals surface area contributed by atoms with Gasteiger partial charge in [-0.1, -0.05) is 35.5 Å². The molecule has 0 aliphatic carbocycles. The lowest BCUT2D eigenvalue weighted by molar-refractivity contribution is -0.112. The number of halogens is 1. The van der Waals surface area contributed by atoms with Gasteiger partial charge in [-0.05, 0) is 30.3 Å². The van der Waals surface area contributed by atoms with Crippen LogP contribution in [0, 0.1) is 0 Å². The molecule has 106 valence electrons. The molecule has 0 spiro atoms. The summed E-state index contributed by atoms with van der Waals surface area (Å²) in [6.45, 7) is 0. The largest absolute Gasteiger partial charge is 0.506 e. The Hall–Kier alpha value is -2.11. The third-order valence-electron chi connectivity index (χ3n) is 2.90. The molecule has 3 N–H and O–H groups in total. The molecule has 2 aromatic carbocycles. The Bertz CT molecular complexity index is 746. The van der Waals surface area contributed by atoms with Crippen molar-refractivity contribution in [2.24, 2.45) is 0 Å². The van der Waals surface area contributed by atoms with E-state index in [0.29, 0.717) is 15.6 Å². The van der Waals surface area contributed by atoms with Gasteiger partial charge in [0.05, 0.1) is 16.3 Å². The molecule has 1 aliphatic rings. The minimum absolute atomic E-state index is 0.124. The molecule has 3 rings (SSSR count). The van der Waals surface area contributed by atoms with Crippen molar-refractivity contribution >= 4 is 40.6 Å². The molecule has 0 unspecified atom stereocenters. The third-order valence-corrected chi connectivity index (χ3v) is 4.21. The molecule has 1 aliphatic heterocycles. The summed E-state index contributed by atoms with van der Waals surface area (Å²) in [7, 11) is 0. The molecular weight excluding hydrogens is 308 g/mol. The number of rotatable bonds is 2. The number of nitrogens with one attached hydrogen (secondary N) is 2. The van der Waals surface area contributed by atoms with Crippen molar-refractivity contribution in [3.8, 4) is 5.75 Å². The fourth-order valence-corrected chi connectivity index (χ4v) is 3.02. The zero-order valence-electron chi connectivity index (χ0n) is 10.8. The maximum Gasteiger partial charge on any atom is 0.263 e. The zero-order chi connectivity index (χ0) is 14.8. The van der Waals surface area contributed by atoms with Gasteiger partial charge in [0.15, 0.2) is 0 Å². The van der Waals surface area contributed by atoms with Gasteiger partial charge in [0, 0.05) is 16.1 Å². The first-order chi connectivity index (χ1) is 10.1. The third kappa shape index (κ3) is 2.99. The number of aromatic hydroxyl groups is 1. The van der Waals surface area contributed by atoms with Gasteiger partial charge in [-0.25, -0.2) is 0 Å². The zero-order valence-corrected chi connectivity index (χ0v) is 12.3. The van der Waals surface area contributed by atoms with Crippen LogP contribution in [0.5, 0.6) is 5.75 Å². The Kier molecular flexibility index (Phi) is 3.77. The molecule has 0 aromatic heterocycles. The molecule has 2 aromatic rings. The quantitative estimate of drug-likeness (QED) is 0.577. The predicted molar refractivity (Wildman–Crippen MR) is 85.8 cm³/mol. The van der Waals surface area contributed by atoms with Gasteiger partial charge >= 0.3 is 0 Å². The number of hydrogen-bond donors (Lipinski definition) is 3. The van der Waals surface area contributed by atoms with Crippen molar-refractivity contribution in [1.29, 1.82) is 0 Å². The van der Waals surface area contributed by atoms with Crippen molar-refractivity contribution in [1.82, 2.24) is 0 Å². The number of phenolic OH excluding ortho intramolecular Hbond substituents is 1. The lowest BCUT2D eigenvalue weighted by Gasteiger charge is -2.18. The predicted octanol–water partition coefficient (Wildman–Crippen LogP) is 4.04. The van der Waals surface area contributed by atoms with Crippen LogP contribution in [0.15, 0.2) is 58.5 Å². The maximum atomic E-state index is 12.0. The van der Waals surface area contributed by atoms with Crippen LogP contribution in [0.4, 0.5) is 11.4 Å². The second-order valence-corrected chi connectivity index (χ2v) is 5.89. The Labute approximate surface area is 130 Å². The normalized spacial score (nSPS) is 15.5. The highest BCUT2D eigenvalue weighted by Crippen LogP contribution is 2.39. The van der Waals surface area contributed by atoms with E-state index >= 15 is 0 Å². The first kappa shape index (κ1) is 13.9. The topological polar surface area (TPSA) is 61.4 Å². The average molecular weight is 319 g/mol. The van der Waals surface area contributed by atoms with Gasteiger partial charge in [0.2, 0.25) is 0 Å². The maximum absolute atomic E-state index is 12.0. The first-order valence-electron chi connectivity index (χ1n) is 6.17. The summed E-state index contributed by atoms with van der Waals surface area (Å²) < 4.78 is 0. The number of hydrogen-bond acceptors (Lipinski definition) is 4. The number of carbonyl (C=O) groups is 1. The van der Waals surface area contributed by atoms with E-state index in [4.69, 9.17) is 11.6 Å². The van der Waals surface area contributed by atoms with E-state index in [1.54, 1.807) is 48.7 Å². The minimum Gasteiger partial charge on any atom is -0.506 e. The van der Waals surface area contributed by atoms with Gasteiger partial charge in [-0.15, -0.1) is 0 Å².